The summed E-state index contributed by atoms with van der Waals surface area (Å²) < 4.78 is 10.3. The van der Waals surface area contributed by atoms with E-state index in [0.717, 1.165) is 17.7 Å². The largest absolute Gasteiger partial charge is 0.481 e. The van der Waals surface area contributed by atoms with Crippen LogP contribution in [0.15, 0.2) is 30.3 Å². The third-order valence-corrected chi connectivity index (χ3v) is 4.40. The molecule has 7 heteroatoms. The number of anilines is 1. The molecule has 1 amide bonds. The number of methoxy groups -OCH3 is 2. The lowest BCUT2D eigenvalue weighted by Crippen LogP contribution is -2.48. The first kappa shape index (κ1) is 17.2. The molecule has 1 aromatic carbocycles. The van der Waals surface area contributed by atoms with Gasteiger partial charge in [-0.05, 0) is 32.1 Å². The van der Waals surface area contributed by atoms with Crippen LogP contribution in [0.5, 0.6) is 11.8 Å². The van der Waals surface area contributed by atoms with Crippen LogP contribution in [0, 0.1) is 0 Å². The van der Waals surface area contributed by atoms with Crippen molar-refractivity contribution in [2.75, 3.05) is 39.8 Å². The van der Waals surface area contributed by atoms with E-state index in [9.17, 15) is 4.79 Å². The number of carbonyl (C=O) groups is 1. The highest BCUT2D eigenvalue weighted by molar-refractivity contribution is 6.04. The number of likely N-dealkylation sites (N-methyl/N-ethyl adjacent to an activating group) is 1. The fourth-order valence-electron chi connectivity index (χ4n) is 2.94. The molecule has 0 bridgehead atoms. The fraction of sp³-hybridized carbons (Fsp3) is 0.389. The third-order valence-electron chi connectivity index (χ3n) is 4.40. The second-order valence-electron chi connectivity index (χ2n) is 6.14. The van der Waals surface area contributed by atoms with Crippen LogP contribution in [0.4, 0.5) is 5.69 Å². The number of hydrogen-bond donors (Lipinski definition) is 0. The fourth-order valence-corrected chi connectivity index (χ4v) is 2.94. The molecule has 2 heterocycles. The normalized spacial score (nSPS) is 16.5. The van der Waals surface area contributed by atoms with Crippen molar-refractivity contribution in [3.05, 3.63) is 41.7 Å². The Morgan fingerprint density at radius 3 is 2.40 bits per heavy atom. The molecular weight excluding hydrogens is 320 g/mol. The van der Waals surface area contributed by atoms with Gasteiger partial charge in [0.25, 0.3) is 5.91 Å². The standard InChI is InChI=1S/C18H22N4O3/c1-21(2)13-9-12-7-5-6-8-14(12)22(11-13)18(23)17-19-15(24-3)10-16(20-17)25-4/h5-8,10,13H,9,11H2,1-4H3. The number of nitrogens with zero attached hydrogens (tertiary/aromatic N) is 4. The molecule has 0 spiro atoms. The van der Waals surface area contributed by atoms with E-state index in [-0.39, 0.29) is 17.8 Å². The van der Waals surface area contributed by atoms with Crippen molar-refractivity contribution in [1.82, 2.24) is 14.9 Å². The molecule has 25 heavy (non-hydrogen) atoms. The predicted octanol–water partition coefficient (Wildman–Crippen LogP) is 1.63. The van der Waals surface area contributed by atoms with Gasteiger partial charge in [-0.3, -0.25) is 4.79 Å². The molecule has 132 valence electrons. The summed E-state index contributed by atoms with van der Waals surface area (Å²) in [5.74, 6) is 0.385. The summed E-state index contributed by atoms with van der Waals surface area (Å²) in [7, 11) is 7.03. The molecule has 1 atom stereocenters. The van der Waals surface area contributed by atoms with Crippen LogP contribution in [0.3, 0.4) is 0 Å². The molecular formula is C18H22N4O3. The van der Waals surface area contributed by atoms with Crippen molar-refractivity contribution in [1.29, 1.82) is 0 Å². The summed E-state index contributed by atoms with van der Waals surface area (Å²) in [5.41, 5.74) is 2.03. The first-order valence-electron chi connectivity index (χ1n) is 8.06. The number of ether oxygens (including phenoxy) is 2. The highest BCUT2D eigenvalue weighted by atomic mass is 16.5. The molecule has 0 aliphatic carbocycles. The van der Waals surface area contributed by atoms with Gasteiger partial charge in [0.2, 0.25) is 17.6 Å². The topological polar surface area (TPSA) is 67.8 Å². The van der Waals surface area contributed by atoms with Crippen LogP contribution in [-0.2, 0) is 6.42 Å². The molecule has 7 nitrogen and oxygen atoms in total. The SMILES string of the molecule is COc1cc(OC)nc(C(=O)N2CC(N(C)C)Cc3ccccc32)n1. The van der Waals surface area contributed by atoms with E-state index in [1.165, 1.54) is 14.2 Å². The van der Waals surface area contributed by atoms with Gasteiger partial charge in [-0.25, -0.2) is 0 Å². The minimum absolute atomic E-state index is 0.0606. The van der Waals surface area contributed by atoms with Gasteiger partial charge in [-0.1, -0.05) is 18.2 Å². The van der Waals surface area contributed by atoms with Gasteiger partial charge >= 0.3 is 0 Å². The highest BCUT2D eigenvalue weighted by Crippen LogP contribution is 2.29. The number of para-hydroxylation sites is 1. The van der Waals surface area contributed by atoms with Crippen LogP contribution in [0.2, 0.25) is 0 Å². The third kappa shape index (κ3) is 3.41. The Morgan fingerprint density at radius 1 is 1.16 bits per heavy atom. The summed E-state index contributed by atoms with van der Waals surface area (Å²) in [6.45, 7) is 0.575. The van der Waals surface area contributed by atoms with Crippen LogP contribution in [-0.4, -0.2) is 61.7 Å². The van der Waals surface area contributed by atoms with E-state index in [1.54, 1.807) is 11.0 Å². The summed E-state index contributed by atoms with van der Waals surface area (Å²) in [4.78, 5) is 25.4. The number of hydrogen-bond acceptors (Lipinski definition) is 6. The number of aromatic nitrogens is 2. The summed E-state index contributed by atoms with van der Waals surface area (Å²) >= 11 is 0. The van der Waals surface area contributed by atoms with Gasteiger partial charge in [0.15, 0.2) is 0 Å². The van der Waals surface area contributed by atoms with Gasteiger partial charge < -0.3 is 19.3 Å². The monoisotopic (exact) mass is 342 g/mol. The molecule has 3 rings (SSSR count). The number of amides is 1. The summed E-state index contributed by atoms with van der Waals surface area (Å²) in [6, 6.07) is 9.71. The maximum Gasteiger partial charge on any atom is 0.296 e. The lowest BCUT2D eigenvalue weighted by Gasteiger charge is -2.37. The quantitative estimate of drug-likeness (QED) is 0.841. The smallest absolute Gasteiger partial charge is 0.296 e. The summed E-state index contributed by atoms with van der Waals surface area (Å²) in [6.07, 6.45) is 0.898. The van der Waals surface area contributed by atoms with Crippen LogP contribution in [0.1, 0.15) is 16.2 Å². The van der Waals surface area contributed by atoms with Crippen molar-refractivity contribution in [2.24, 2.45) is 0 Å². The van der Waals surface area contributed by atoms with Crippen LogP contribution >= 0.6 is 0 Å². The van der Waals surface area contributed by atoms with E-state index < -0.39 is 0 Å². The Kier molecular flexibility index (Phi) is 4.85. The zero-order valence-electron chi connectivity index (χ0n) is 14.9. The Labute approximate surface area is 147 Å². The zero-order chi connectivity index (χ0) is 18.0. The van der Waals surface area contributed by atoms with E-state index in [2.05, 4.69) is 20.9 Å². The van der Waals surface area contributed by atoms with Crippen LogP contribution in [0.25, 0.3) is 0 Å². The highest BCUT2D eigenvalue weighted by Gasteiger charge is 2.31. The van der Waals surface area contributed by atoms with Crippen LogP contribution < -0.4 is 14.4 Å². The van der Waals surface area contributed by atoms with Gasteiger partial charge in [0, 0.05) is 18.3 Å². The zero-order valence-corrected chi connectivity index (χ0v) is 14.9. The van der Waals surface area contributed by atoms with Crippen molar-refractivity contribution in [2.45, 2.75) is 12.5 Å². The average Bonchev–Trinajstić information content (AvgIpc) is 2.65. The molecule has 0 saturated heterocycles. The van der Waals surface area contributed by atoms with E-state index in [0.29, 0.717) is 18.3 Å². The van der Waals surface area contributed by atoms with Crippen molar-refractivity contribution < 1.29 is 14.3 Å². The van der Waals surface area contributed by atoms with E-state index in [4.69, 9.17) is 9.47 Å². The number of carbonyl (C=O) groups excluding carboxylic acids is 1. The van der Waals surface area contributed by atoms with Gasteiger partial charge in [0.1, 0.15) is 0 Å². The van der Waals surface area contributed by atoms with Gasteiger partial charge in [-0.15, -0.1) is 0 Å². The first-order chi connectivity index (χ1) is 12.0. The number of benzene rings is 1. The molecule has 1 aliphatic rings. The minimum Gasteiger partial charge on any atom is -0.481 e. The molecule has 2 aromatic rings. The summed E-state index contributed by atoms with van der Waals surface area (Å²) in [5, 5.41) is 0. The van der Waals surface area contributed by atoms with E-state index in [1.807, 2.05) is 32.3 Å². The Bertz CT molecular complexity index is 756. The van der Waals surface area contributed by atoms with E-state index >= 15 is 0 Å². The second kappa shape index (κ2) is 7.06. The van der Waals surface area contributed by atoms with Crippen molar-refractivity contribution in [3.63, 3.8) is 0 Å². The molecule has 1 aliphatic heterocycles. The molecule has 1 unspecified atom stereocenters. The predicted molar refractivity (Wildman–Crippen MR) is 94.4 cm³/mol. The Hall–Kier alpha value is -2.67. The first-order valence-corrected chi connectivity index (χ1v) is 8.06. The van der Waals surface area contributed by atoms with Gasteiger partial charge in [0.05, 0.1) is 20.3 Å². The van der Waals surface area contributed by atoms with Crippen molar-refractivity contribution in [3.8, 4) is 11.8 Å². The number of rotatable bonds is 4. The Morgan fingerprint density at radius 2 is 1.80 bits per heavy atom. The molecule has 1 aromatic heterocycles. The molecule has 0 N–H and O–H groups in total. The molecule has 0 radical (unpaired) electrons. The Balaban J connectivity index is 2.01. The molecule has 0 fully saturated rings. The van der Waals surface area contributed by atoms with Gasteiger partial charge in [-0.2, -0.15) is 9.97 Å². The average molecular weight is 342 g/mol. The lowest BCUT2D eigenvalue weighted by atomic mass is 9.97. The van der Waals surface area contributed by atoms with Crippen molar-refractivity contribution >= 4 is 11.6 Å². The maximum atomic E-state index is 13.1. The lowest BCUT2D eigenvalue weighted by molar-refractivity contribution is 0.0963. The second-order valence-corrected chi connectivity index (χ2v) is 6.14. The molecule has 0 saturated carbocycles. The maximum absolute atomic E-state index is 13.1. The minimum atomic E-state index is -0.267. The number of fused-ring (bicyclic) bond motifs is 1.